The Bertz CT molecular complexity index is 1030. The predicted molar refractivity (Wildman–Crippen MR) is 89.6 cm³/mol. The molecule has 0 bridgehead atoms. The molecule has 7 nitrogen and oxygen atoms in total. The molecule has 0 amide bonds. The third kappa shape index (κ3) is 3.29. The predicted octanol–water partition coefficient (Wildman–Crippen LogP) is 1.55. The summed E-state index contributed by atoms with van der Waals surface area (Å²) in [6.45, 7) is 1.82. The van der Waals surface area contributed by atoms with E-state index >= 15 is 0 Å². The van der Waals surface area contributed by atoms with E-state index in [1.807, 2.05) is 6.92 Å². The Labute approximate surface area is 143 Å². The monoisotopic (exact) mass is 367 g/mol. The van der Waals surface area contributed by atoms with Gasteiger partial charge in [-0.2, -0.15) is 0 Å². The van der Waals surface area contributed by atoms with Crippen molar-refractivity contribution in [2.24, 2.45) is 0 Å². The van der Waals surface area contributed by atoms with Crippen molar-refractivity contribution in [3.8, 4) is 0 Å². The minimum atomic E-state index is -1.44. The van der Waals surface area contributed by atoms with Crippen LogP contribution in [0.15, 0.2) is 28.2 Å². The van der Waals surface area contributed by atoms with Crippen LogP contribution in [0.2, 0.25) is 0 Å². The van der Waals surface area contributed by atoms with Crippen molar-refractivity contribution in [3.05, 3.63) is 45.9 Å². The summed E-state index contributed by atoms with van der Waals surface area (Å²) in [6.07, 6.45) is 0.669. The first kappa shape index (κ1) is 17.2. The lowest BCUT2D eigenvalue weighted by Crippen LogP contribution is -2.18. The standard InChI is InChI=1S/C15H15F2N5O2S/c1-2-5-25(24)14-20-12(18)11-13(21-14)22(15(23)19-11)7-8-3-4-9(16)10(17)6-8/h3-4,6H,2,5,7H2,1H3,(H,19,23)(H2,18,20,21). The van der Waals surface area contributed by atoms with Gasteiger partial charge in [-0.25, -0.2) is 23.5 Å². The molecule has 25 heavy (non-hydrogen) atoms. The summed E-state index contributed by atoms with van der Waals surface area (Å²) in [7, 11) is -1.44. The average molecular weight is 367 g/mol. The van der Waals surface area contributed by atoms with Crippen molar-refractivity contribution < 1.29 is 13.0 Å². The van der Waals surface area contributed by atoms with Crippen LogP contribution in [-0.4, -0.2) is 29.5 Å². The number of imidazole rings is 1. The summed E-state index contributed by atoms with van der Waals surface area (Å²) in [5, 5.41) is 0.0323. The smallest absolute Gasteiger partial charge is 0.328 e. The minimum Gasteiger partial charge on any atom is -0.382 e. The molecule has 0 fully saturated rings. The fourth-order valence-electron chi connectivity index (χ4n) is 2.38. The van der Waals surface area contributed by atoms with Gasteiger partial charge in [0.15, 0.2) is 23.1 Å². The van der Waals surface area contributed by atoms with Crippen molar-refractivity contribution in [3.63, 3.8) is 0 Å². The van der Waals surface area contributed by atoms with Crippen LogP contribution in [0.1, 0.15) is 18.9 Å². The maximum absolute atomic E-state index is 13.4. The fourth-order valence-corrected chi connectivity index (χ4v) is 3.32. The van der Waals surface area contributed by atoms with Crippen molar-refractivity contribution in [2.75, 3.05) is 11.5 Å². The van der Waals surface area contributed by atoms with Crippen molar-refractivity contribution in [2.45, 2.75) is 25.0 Å². The largest absolute Gasteiger partial charge is 0.382 e. The molecule has 0 saturated carbocycles. The third-order valence-electron chi connectivity index (χ3n) is 3.55. The molecule has 10 heteroatoms. The number of hydrogen-bond acceptors (Lipinski definition) is 5. The summed E-state index contributed by atoms with van der Waals surface area (Å²) >= 11 is 0. The molecule has 1 aromatic carbocycles. The third-order valence-corrected chi connectivity index (χ3v) is 4.92. The molecule has 0 aliphatic heterocycles. The summed E-state index contributed by atoms with van der Waals surface area (Å²) in [4.78, 5) is 22.9. The lowest BCUT2D eigenvalue weighted by Gasteiger charge is -2.06. The molecule has 132 valence electrons. The van der Waals surface area contributed by atoms with Gasteiger partial charge in [0, 0.05) is 5.75 Å². The number of halogens is 2. The zero-order valence-corrected chi connectivity index (χ0v) is 14.1. The van der Waals surface area contributed by atoms with E-state index in [9.17, 15) is 17.8 Å². The van der Waals surface area contributed by atoms with Crippen LogP contribution >= 0.6 is 0 Å². The Kier molecular flexibility index (Phi) is 4.62. The Hall–Kier alpha value is -2.62. The van der Waals surface area contributed by atoms with Gasteiger partial charge in [-0.05, 0) is 24.1 Å². The molecule has 1 unspecified atom stereocenters. The van der Waals surface area contributed by atoms with Gasteiger partial charge in [0.1, 0.15) is 5.52 Å². The SMILES string of the molecule is CCCS(=O)c1nc(N)c2[nH]c(=O)n(Cc3ccc(F)c(F)c3)c2n1. The quantitative estimate of drug-likeness (QED) is 0.666. The molecule has 2 heterocycles. The second kappa shape index (κ2) is 6.71. The second-order valence-corrected chi connectivity index (χ2v) is 6.87. The van der Waals surface area contributed by atoms with Crippen LogP contribution in [0, 0.1) is 11.6 Å². The van der Waals surface area contributed by atoms with E-state index in [4.69, 9.17) is 5.73 Å². The molecule has 3 rings (SSSR count). The molecule has 3 N–H and O–H groups in total. The highest BCUT2D eigenvalue weighted by Crippen LogP contribution is 2.18. The van der Waals surface area contributed by atoms with Crippen LogP contribution < -0.4 is 11.4 Å². The summed E-state index contributed by atoms with van der Waals surface area (Å²) < 4.78 is 39.8. The number of anilines is 1. The first-order valence-electron chi connectivity index (χ1n) is 7.49. The van der Waals surface area contributed by atoms with Gasteiger partial charge in [0.2, 0.25) is 5.16 Å². The zero-order chi connectivity index (χ0) is 18.1. The Balaban J connectivity index is 2.10. The zero-order valence-electron chi connectivity index (χ0n) is 13.3. The van der Waals surface area contributed by atoms with Gasteiger partial charge < -0.3 is 10.7 Å². The van der Waals surface area contributed by atoms with Crippen LogP contribution in [0.25, 0.3) is 11.2 Å². The highest BCUT2D eigenvalue weighted by molar-refractivity contribution is 7.84. The van der Waals surface area contributed by atoms with Crippen molar-refractivity contribution in [1.82, 2.24) is 19.5 Å². The lowest BCUT2D eigenvalue weighted by molar-refractivity contribution is 0.506. The van der Waals surface area contributed by atoms with Gasteiger partial charge >= 0.3 is 5.69 Å². The fraction of sp³-hybridized carbons (Fsp3) is 0.267. The van der Waals surface area contributed by atoms with Crippen molar-refractivity contribution >= 4 is 27.8 Å². The molecule has 0 spiro atoms. The number of nitrogen functional groups attached to an aromatic ring is 1. The molecule has 0 radical (unpaired) electrons. The minimum absolute atomic E-state index is 0.00518. The molecule has 0 aliphatic carbocycles. The summed E-state index contributed by atoms with van der Waals surface area (Å²) in [5.41, 5.74) is 6.06. The lowest BCUT2D eigenvalue weighted by atomic mass is 10.2. The molecular weight excluding hydrogens is 352 g/mol. The molecule has 1 atom stereocenters. The van der Waals surface area contributed by atoms with Gasteiger partial charge in [0.25, 0.3) is 0 Å². The van der Waals surface area contributed by atoms with Gasteiger partial charge in [-0.1, -0.05) is 13.0 Å². The number of fused-ring (bicyclic) bond motifs is 1. The average Bonchev–Trinajstić information content (AvgIpc) is 2.88. The van der Waals surface area contributed by atoms with E-state index in [2.05, 4.69) is 15.0 Å². The number of aromatic amines is 1. The number of aromatic nitrogens is 4. The Morgan fingerprint density at radius 2 is 2.04 bits per heavy atom. The van der Waals surface area contributed by atoms with E-state index in [1.54, 1.807) is 0 Å². The van der Waals surface area contributed by atoms with Gasteiger partial charge in [0.05, 0.1) is 17.3 Å². The first-order chi connectivity index (χ1) is 11.9. The number of nitrogens with zero attached hydrogens (tertiary/aromatic N) is 3. The highest BCUT2D eigenvalue weighted by Gasteiger charge is 2.17. The van der Waals surface area contributed by atoms with Crippen molar-refractivity contribution in [1.29, 1.82) is 0 Å². The van der Waals surface area contributed by atoms with Gasteiger partial charge in [-0.15, -0.1) is 0 Å². The number of hydrogen-bond donors (Lipinski definition) is 2. The number of benzene rings is 1. The van der Waals surface area contributed by atoms with E-state index in [0.717, 1.165) is 12.1 Å². The van der Waals surface area contributed by atoms with E-state index < -0.39 is 28.1 Å². The molecule has 2 aromatic heterocycles. The number of H-pyrrole nitrogens is 1. The molecule has 3 aromatic rings. The number of nitrogens with two attached hydrogens (primary N) is 1. The highest BCUT2D eigenvalue weighted by atomic mass is 32.2. The Morgan fingerprint density at radius 3 is 2.72 bits per heavy atom. The van der Waals surface area contributed by atoms with E-state index in [0.29, 0.717) is 17.7 Å². The first-order valence-corrected chi connectivity index (χ1v) is 8.81. The Morgan fingerprint density at radius 1 is 1.28 bits per heavy atom. The normalized spacial score (nSPS) is 12.6. The van der Waals surface area contributed by atoms with E-state index in [1.165, 1.54) is 10.6 Å². The molecule has 0 saturated heterocycles. The second-order valence-electron chi connectivity index (χ2n) is 5.40. The van der Waals surface area contributed by atoms with E-state index in [-0.39, 0.29) is 28.7 Å². The maximum Gasteiger partial charge on any atom is 0.328 e. The number of rotatable bonds is 5. The molecule has 0 aliphatic rings. The topological polar surface area (TPSA) is 107 Å². The summed E-state index contributed by atoms with van der Waals surface area (Å²) in [5.74, 6) is -1.61. The van der Waals surface area contributed by atoms with Crippen LogP contribution in [0.4, 0.5) is 14.6 Å². The van der Waals surface area contributed by atoms with Gasteiger partial charge in [-0.3, -0.25) is 8.78 Å². The maximum atomic E-state index is 13.4. The number of nitrogens with one attached hydrogen (secondary N) is 1. The van der Waals surface area contributed by atoms with Crippen LogP contribution in [0.3, 0.4) is 0 Å². The van der Waals surface area contributed by atoms with Crippen LogP contribution in [-0.2, 0) is 17.3 Å². The van der Waals surface area contributed by atoms with Crippen LogP contribution in [0.5, 0.6) is 0 Å². The summed E-state index contributed by atoms with van der Waals surface area (Å²) in [6, 6.07) is 3.35. The molecular formula is C15H15F2N5O2S.